The molecule has 2 aromatic heterocycles. The van der Waals surface area contributed by atoms with Crippen LogP contribution in [-0.4, -0.2) is 31.0 Å². The van der Waals surface area contributed by atoms with Gasteiger partial charge in [0.15, 0.2) is 5.76 Å². The largest absolute Gasteiger partial charge is 0.356 e. The van der Waals surface area contributed by atoms with Gasteiger partial charge >= 0.3 is 0 Å². The topological polar surface area (TPSA) is 63.4 Å². The Morgan fingerprint density at radius 3 is 2.65 bits per heavy atom. The van der Waals surface area contributed by atoms with Crippen LogP contribution in [0.1, 0.15) is 25.0 Å². The molecule has 3 rings (SSSR count). The van der Waals surface area contributed by atoms with E-state index in [-0.39, 0.29) is 0 Å². The lowest BCUT2D eigenvalue weighted by molar-refractivity contribution is 0.347. The molecule has 0 bridgehead atoms. The van der Waals surface area contributed by atoms with Crippen molar-refractivity contribution in [2.45, 2.75) is 30.4 Å². The Labute approximate surface area is 122 Å². The van der Waals surface area contributed by atoms with E-state index >= 15 is 0 Å². The summed E-state index contributed by atoms with van der Waals surface area (Å²) in [7, 11) is -3.35. The molecule has 0 spiro atoms. The molecule has 0 radical (unpaired) electrons. The first-order chi connectivity index (χ1) is 9.57. The van der Waals surface area contributed by atoms with Gasteiger partial charge in [0.05, 0.1) is 5.69 Å². The van der Waals surface area contributed by atoms with Crippen LogP contribution in [0.5, 0.6) is 0 Å². The van der Waals surface area contributed by atoms with Crippen molar-refractivity contribution in [3.05, 3.63) is 23.2 Å². The van der Waals surface area contributed by atoms with Gasteiger partial charge in [-0.1, -0.05) is 11.6 Å². The fraction of sp³-hybridized carbons (Fsp3) is 0.462. The summed E-state index contributed by atoms with van der Waals surface area (Å²) in [5, 5.41) is 5.63. The van der Waals surface area contributed by atoms with Gasteiger partial charge in [0.1, 0.15) is 4.21 Å². The number of hydrogen-bond acceptors (Lipinski definition) is 5. The lowest BCUT2D eigenvalue weighted by Gasteiger charge is -2.25. The summed E-state index contributed by atoms with van der Waals surface area (Å²) >= 11 is 1.24. The van der Waals surface area contributed by atoms with Gasteiger partial charge in [-0.3, -0.25) is 0 Å². The highest BCUT2D eigenvalue weighted by Gasteiger charge is 2.27. The maximum atomic E-state index is 12.5. The van der Waals surface area contributed by atoms with Crippen LogP contribution in [0.25, 0.3) is 11.3 Å². The molecule has 1 aliphatic heterocycles. The fourth-order valence-electron chi connectivity index (χ4n) is 2.31. The molecule has 0 atom stereocenters. The predicted octanol–water partition coefficient (Wildman–Crippen LogP) is 2.89. The molecule has 1 fully saturated rings. The van der Waals surface area contributed by atoms with Crippen LogP contribution >= 0.6 is 11.3 Å². The van der Waals surface area contributed by atoms with Gasteiger partial charge in [-0.25, -0.2) is 8.42 Å². The molecule has 0 N–H and O–H groups in total. The Balaban J connectivity index is 1.89. The number of nitrogens with zero attached hydrogens (tertiary/aromatic N) is 2. The van der Waals surface area contributed by atoms with Crippen molar-refractivity contribution in [1.29, 1.82) is 0 Å². The van der Waals surface area contributed by atoms with E-state index in [1.807, 2.05) is 6.92 Å². The van der Waals surface area contributed by atoms with Crippen molar-refractivity contribution in [1.82, 2.24) is 9.46 Å². The van der Waals surface area contributed by atoms with E-state index < -0.39 is 10.0 Å². The molecule has 3 heterocycles. The third kappa shape index (κ3) is 2.53. The molecule has 1 aliphatic rings. The first kappa shape index (κ1) is 13.8. The van der Waals surface area contributed by atoms with Crippen molar-refractivity contribution >= 4 is 21.4 Å². The number of piperidine rings is 1. The van der Waals surface area contributed by atoms with Gasteiger partial charge < -0.3 is 4.52 Å². The lowest BCUT2D eigenvalue weighted by Crippen LogP contribution is -2.35. The molecular formula is C13H16N2O3S2. The molecular weight excluding hydrogens is 296 g/mol. The molecule has 1 saturated heterocycles. The van der Waals surface area contributed by atoms with Gasteiger partial charge in [0.2, 0.25) is 0 Å². The summed E-state index contributed by atoms with van der Waals surface area (Å²) in [6.45, 7) is 3.08. The number of thiophene rings is 1. The van der Waals surface area contributed by atoms with E-state index in [4.69, 9.17) is 4.52 Å². The molecule has 2 aromatic rings. The second-order valence-corrected chi connectivity index (χ2v) is 8.03. The highest BCUT2D eigenvalue weighted by atomic mass is 32.2. The molecule has 0 unspecified atom stereocenters. The summed E-state index contributed by atoms with van der Waals surface area (Å²) in [6.07, 6.45) is 3.00. The van der Waals surface area contributed by atoms with Gasteiger partial charge in [0, 0.05) is 30.1 Å². The Morgan fingerprint density at radius 2 is 2.00 bits per heavy atom. The predicted molar refractivity (Wildman–Crippen MR) is 77.2 cm³/mol. The zero-order valence-electron chi connectivity index (χ0n) is 11.2. The monoisotopic (exact) mass is 312 g/mol. The number of aryl methyl sites for hydroxylation is 1. The maximum absolute atomic E-state index is 12.5. The Hall–Kier alpha value is -1.18. The average Bonchev–Trinajstić information content (AvgIpc) is 3.08. The normalized spacial score (nSPS) is 17.4. The highest BCUT2D eigenvalue weighted by molar-refractivity contribution is 7.91. The smallest absolute Gasteiger partial charge is 0.252 e. The van der Waals surface area contributed by atoms with Crippen LogP contribution in [0.2, 0.25) is 0 Å². The van der Waals surface area contributed by atoms with Gasteiger partial charge in [-0.05, 0) is 25.8 Å². The van der Waals surface area contributed by atoms with Crippen LogP contribution in [0, 0.1) is 6.92 Å². The molecule has 20 heavy (non-hydrogen) atoms. The van der Waals surface area contributed by atoms with E-state index in [2.05, 4.69) is 5.16 Å². The first-order valence-electron chi connectivity index (χ1n) is 6.60. The minimum absolute atomic E-state index is 0.378. The van der Waals surface area contributed by atoms with E-state index in [1.165, 1.54) is 11.3 Å². The van der Waals surface area contributed by atoms with Crippen molar-refractivity contribution in [3.8, 4) is 11.3 Å². The minimum Gasteiger partial charge on any atom is -0.356 e. The van der Waals surface area contributed by atoms with Crippen molar-refractivity contribution in [2.75, 3.05) is 13.1 Å². The first-order valence-corrected chi connectivity index (χ1v) is 8.92. The van der Waals surface area contributed by atoms with E-state index in [1.54, 1.807) is 21.8 Å². The van der Waals surface area contributed by atoms with E-state index in [0.29, 0.717) is 23.1 Å². The SMILES string of the molecule is Cc1cc(-c2csc(S(=O)(=O)N3CCCCC3)c2)on1. The number of aromatic nitrogens is 1. The summed E-state index contributed by atoms with van der Waals surface area (Å²) in [4.78, 5) is 0. The molecule has 7 heteroatoms. The Kier molecular flexibility index (Phi) is 3.66. The van der Waals surface area contributed by atoms with Crippen molar-refractivity contribution in [3.63, 3.8) is 0 Å². The molecule has 0 aliphatic carbocycles. The second-order valence-electron chi connectivity index (χ2n) is 4.95. The summed E-state index contributed by atoms with van der Waals surface area (Å²) in [6, 6.07) is 3.48. The molecule has 0 saturated carbocycles. The molecule has 108 valence electrons. The highest BCUT2D eigenvalue weighted by Crippen LogP contribution is 2.31. The van der Waals surface area contributed by atoms with E-state index in [0.717, 1.165) is 30.5 Å². The lowest BCUT2D eigenvalue weighted by atomic mass is 10.2. The summed E-state index contributed by atoms with van der Waals surface area (Å²) in [5.74, 6) is 0.610. The Morgan fingerprint density at radius 1 is 1.25 bits per heavy atom. The Bertz CT molecular complexity index is 697. The number of sulfonamides is 1. The molecule has 5 nitrogen and oxygen atoms in total. The zero-order valence-corrected chi connectivity index (χ0v) is 12.8. The summed E-state index contributed by atoms with van der Waals surface area (Å²) < 4.78 is 32.2. The zero-order chi connectivity index (χ0) is 14.2. The van der Waals surface area contributed by atoms with Gasteiger partial charge in [0.25, 0.3) is 10.0 Å². The third-order valence-corrected chi connectivity index (χ3v) is 6.71. The second kappa shape index (κ2) is 5.31. The summed E-state index contributed by atoms with van der Waals surface area (Å²) in [5.41, 5.74) is 1.55. The standard InChI is InChI=1S/C13H16N2O3S2/c1-10-7-12(18-14-10)11-8-13(19-9-11)20(16,17)15-5-3-2-4-6-15/h7-9H,2-6H2,1H3. The van der Waals surface area contributed by atoms with Crippen LogP contribution < -0.4 is 0 Å². The van der Waals surface area contributed by atoms with Crippen LogP contribution in [0.15, 0.2) is 26.2 Å². The fourth-order valence-corrected chi connectivity index (χ4v) is 5.15. The van der Waals surface area contributed by atoms with Gasteiger partial charge in [-0.15, -0.1) is 11.3 Å². The maximum Gasteiger partial charge on any atom is 0.252 e. The van der Waals surface area contributed by atoms with Crippen molar-refractivity contribution < 1.29 is 12.9 Å². The van der Waals surface area contributed by atoms with Crippen LogP contribution in [-0.2, 0) is 10.0 Å². The molecule has 0 amide bonds. The minimum atomic E-state index is -3.35. The van der Waals surface area contributed by atoms with Crippen LogP contribution in [0.3, 0.4) is 0 Å². The average molecular weight is 312 g/mol. The van der Waals surface area contributed by atoms with Crippen molar-refractivity contribution in [2.24, 2.45) is 0 Å². The third-order valence-electron chi connectivity index (χ3n) is 3.40. The van der Waals surface area contributed by atoms with Gasteiger partial charge in [-0.2, -0.15) is 4.31 Å². The quantitative estimate of drug-likeness (QED) is 0.874. The number of rotatable bonds is 3. The van der Waals surface area contributed by atoms with Crippen LogP contribution in [0.4, 0.5) is 0 Å². The molecule has 0 aromatic carbocycles. The number of hydrogen-bond donors (Lipinski definition) is 0. The van der Waals surface area contributed by atoms with E-state index in [9.17, 15) is 8.42 Å².